The molecular weight excluding hydrogens is 328 g/mol. The van der Waals surface area contributed by atoms with Gasteiger partial charge in [-0.15, -0.1) is 0 Å². The first-order chi connectivity index (χ1) is 10.7. The Bertz CT molecular complexity index is 829. The van der Waals surface area contributed by atoms with E-state index >= 15 is 0 Å². The first kappa shape index (κ1) is 16.4. The normalized spacial score (nSPS) is 16.9. The van der Waals surface area contributed by atoms with Crippen molar-refractivity contribution < 1.29 is 22.1 Å². The van der Waals surface area contributed by atoms with E-state index in [9.17, 15) is 5.11 Å². The van der Waals surface area contributed by atoms with Crippen molar-refractivity contribution in [3.8, 4) is 0 Å². The largest absolute Gasteiger partial charge is 1.00 e. The van der Waals surface area contributed by atoms with E-state index in [-0.39, 0.29) is 18.5 Å². The van der Waals surface area contributed by atoms with Crippen LogP contribution in [0.5, 0.6) is 0 Å². The number of nitrogens with zero attached hydrogens (tertiary/aromatic N) is 2. The number of aliphatic hydroxyl groups excluding tert-OH is 1. The molecule has 0 spiro atoms. The Balaban J connectivity index is 0.00000156. The van der Waals surface area contributed by atoms with Gasteiger partial charge < -0.3 is 17.5 Å². The SMILES string of the molecule is Cc1ccc(Cn2c3[n+](c4ccccc42)CC(O)CS3)cc1.[Cl-]. The highest BCUT2D eigenvalue weighted by atomic mass is 35.5. The monoisotopic (exact) mass is 346 g/mol. The van der Waals surface area contributed by atoms with Crippen LogP contribution in [0, 0.1) is 6.92 Å². The van der Waals surface area contributed by atoms with E-state index in [1.165, 1.54) is 27.3 Å². The van der Waals surface area contributed by atoms with Crippen molar-refractivity contribution in [3.05, 3.63) is 59.7 Å². The Morgan fingerprint density at radius 3 is 2.70 bits per heavy atom. The van der Waals surface area contributed by atoms with Gasteiger partial charge in [0.1, 0.15) is 19.2 Å². The molecule has 0 aliphatic carbocycles. The Labute approximate surface area is 146 Å². The molecule has 2 heterocycles. The highest BCUT2D eigenvalue weighted by molar-refractivity contribution is 7.99. The number of halogens is 1. The topological polar surface area (TPSA) is 29.0 Å². The van der Waals surface area contributed by atoms with Crippen molar-refractivity contribution in [2.24, 2.45) is 0 Å². The van der Waals surface area contributed by atoms with Crippen LogP contribution in [-0.2, 0) is 13.1 Å². The predicted molar refractivity (Wildman–Crippen MR) is 89.1 cm³/mol. The van der Waals surface area contributed by atoms with Crippen LogP contribution in [0.4, 0.5) is 0 Å². The van der Waals surface area contributed by atoms with Crippen LogP contribution in [0.3, 0.4) is 0 Å². The molecule has 3 aromatic rings. The van der Waals surface area contributed by atoms with Crippen LogP contribution in [0.2, 0.25) is 0 Å². The molecule has 120 valence electrons. The summed E-state index contributed by atoms with van der Waals surface area (Å²) in [6, 6.07) is 17.2. The number of aryl methyl sites for hydroxylation is 1. The van der Waals surface area contributed by atoms with Gasteiger partial charge in [-0.3, -0.25) is 0 Å². The average molecular weight is 347 g/mol. The van der Waals surface area contributed by atoms with Gasteiger partial charge in [0.2, 0.25) is 0 Å². The molecule has 0 saturated carbocycles. The molecule has 1 aliphatic heterocycles. The zero-order valence-corrected chi connectivity index (χ0v) is 14.5. The van der Waals surface area contributed by atoms with E-state index in [1.54, 1.807) is 11.8 Å². The summed E-state index contributed by atoms with van der Waals surface area (Å²) in [6.07, 6.45) is -0.263. The molecule has 4 rings (SSSR count). The summed E-state index contributed by atoms with van der Waals surface area (Å²) in [6.45, 7) is 3.67. The van der Waals surface area contributed by atoms with Crippen molar-refractivity contribution in [3.63, 3.8) is 0 Å². The number of para-hydroxylation sites is 2. The minimum Gasteiger partial charge on any atom is -1.00 e. The van der Waals surface area contributed by atoms with Gasteiger partial charge in [0.25, 0.3) is 0 Å². The first-order valence-corrected chi connectivity index (χ1v) is 8.58. The standard InChI is InChI=1S/C18H19N2OS.ClH/c1-13-6-8-14(9-7-13)10-19-16-4-2-3-5-17(16)20-11-15(21)12-22-18(19)20;/h2-9,15,21H,10-12H2,1H3;1H/q+1;/p-1. The quantitative estimate of drug-likeness (QED) is 0.649. The van der Waals surface area contributed by atoms with Gasteiger partial charge in [-0.05, 0) is 36.4 Å². The lowest BCUT2D eigenvalue weighted by atomic mass is 10.1. The number of rotatable bonds is 2. The third kappa shape index (κ3) is 2.99. The summed E-state index contributed by atoms with van der Waals surface area (Å²) in [5, 5.41) is 11.2. The van der Waals surface area contributed by atoms with Gasteiger partial charge in [-0.1, -0.05) is 42.0 Å². The second-order valence-corrected chi connectivity index (χ2v) is 6.91. The van der Waals surface area contributed by atoms with Gasteiger partial charge in [-0.25, -0.2) is 9.13 Å². The van der Waals surface area contributed by atoms with Crippen LogP contribution in [0.15, 0.2) is 53.7 Å². The zero-order chi connectivity index (χ0) is 15.1. The van der Waals surface area contributed by atoms with E-state index < -0.39 is 0 Å². The number of aromatic nitrogens is 2. The maximum Gasteiger partial charge on any atom is 0.319 e. The molecular formula is C18H19ClN2OS. The fourth-order valence-corrected chi connectivity index (χ4v) is 4.16. The number of aliphatic hydroxyl groups is 1. The van der Waals surface area contributed by atoms with Crippen molar-refractivity contribution in [2.45, 2.75) is 31.3 Å². The first-order valence-electron chi connectivity index (χ1n) is 7.60. The van der Waals surface area contributed by atoms with Gasteiger partial charge in [-0.2, -0.15) is 0 Å². The predicted octanol–water partition coefficient (Wildman–Crippen LogP) is -0.244. The van der Waals surface area contributed by atoms with Crippen LogP contribution in [-0.4, -0.2) is 21.5 Å². The molecule has 1 atom stereocenters. The highest BCUT2D eigenvalue weighted by Crippen LogP contribution is 2.27. The molecule has 3 nitrogen and oxygen atoms in total. The molecule has 2 aromatic carbocycles. The van der Waals surface area contributed by atoms with Crippen molar-refractivity contribution in [1.29, 1.82) is 0 Å². The highest BCUT2D eigenvalue weighted by Gasteiger charge is 2.31. The number of benzene rings is 2. The van der Waals surface area contributed by atoms with Crippen molar-refractivity contribution >= 4 is 22.8 Å². The molecule has 0 saturated heterocycles. The Kier molecular flexibility index (Phi) is 4.67. The number of imidazole rings is 1. The summed E-state index contributed by atoms with van der Waals surface area (Å²) >= 11 is 1.75. The molecule has 0 fully saturated rings. The van der Waals surface area contributed by atoms with Crippen molar-refractivity contribution in [1.82, 2.24) is 4.57 Å². The molecule has 23 heavy (non-hydrogen) atoms. The summed E-state index contributed by atoms with van der Waals surface area (Å²) in [4.78, 5) is 0. The molecule has 1 aromatic heterocycles. The van der Waals surface area contributed by atoms with E-state index in [4.69, 9.17) is 0 Å². The molecule has 1 aliphatic rings. The fourth-order valence-electron chi connectivity index (χ4n) is 3.07. The lowest BCUT2D eigenvalue weighted by Gasteiger charge is -2.14. The average Bonchev–Trinajstić information content (AvgIpc) is 2.83. The Morgan fingerprint density at radius 1 is 1.17 bits per heavy atom. The second kappa shape index (κ2) is 6.56. The lowest BCUT2D eigenvalue weighted by molar-refractivity contribution is -0.717. The minimum absolute atomic E-state index is 0. The van der Waals surface area contributed by atoms with E-state index in [1.807, 2.05) is 0 Å². The number of hydrogen-bond acceptors (Lipinski definition) is 2. The summed E-state index contributed by atoms with van der Waals surface area (Å²) < 4.78 is 4.62. The van der Waals surface area contributed by atoms with E-state index in [0.29, 0.717) is 6.54 Å². The summed E-state index contributed by atoms with van der Waals surface area (Å²) in [5.41, 5.74) is 5.03. The number of thioether (sulfide) groups is 1. The smallest absolute Gasteiger partial charge is 0.319 e. The lowest BCUT2D eigenvalue weighted by Crippen LogP contribution is -3.00. The Morgan fingerprint density at radius 2 is 1.91 bits per heavy atom. The van der Waals surface area contributed by atoms with E-state index in [0.717, 1.165) is 12.3 Å². The maximum atomic E-state index is 9.99. The number of fused-ring (bicyclic) bond motifs is 3. The van der Waals surface area contributed by atoms with Crippen LogP contribution >= 0.6 is 11.8 Å². The van der Waals surface area contributed by atoms with Gasteiger partial charge in [0, 0.05) is 5.75 Å². The van der Waals surface area contributed by atoms with Gasteiger partial charge in [0.15, 0.2) is 11.0 Å². The van der Waals surface area contributed by atoms with Gasteiger partial charge >= 0.3 is 5.16 Å². The van der Waals surface area contributed by atoms with Gasteiger partial charge in [0.05, 0.1) is 0 Å². The van der Waals surface area contributed by atoms with E-state index in [2.05, 4.69) is 64.6 Å². The third-order valence-corrected chi connectivity index (χ3v) is 5.43. The molecule has 0 radical (unpaired) electrons. The maximum absolute atomic E-state index is 9.99. The fraction of sp³-hybridized carbons (Fsp3) is 0.278. The zero-order valence-electron chi connectivity index (χ0n) is 12.9. The molecule has 1 N–H and O–H groups in total. The molecule has 1 unspecified atom stereocenters. The minimum atomic E-state index is -0.263. The second-order valence-electron chi connectivity index (χ2n) is 5.92. The molecule has 0 amide bonds. The number of hydrogen-bond donors (Lipinski definition) is 1. The summed E-state index contributed by atoms with van der Waals surface area (Å²) in [7, 11) is 0. The van der Waals surface area contributed by atoms with Crippen LogP contribution in [0.25, 0.3) is 11.0 Å². The molecule has 5 heteroatoms. The van der Waals surface area contributed by atoms with Crippen LogP contribution < -0.4 is 17.0 Å². The molecule has 0 bridgehead atoms. The Hall–Kier alpha value is -1.49. The van der Waals surface area contributed by atoms with Crippen LogP contribution in [0.1, 0.15) is 11.1 Å². The third-order valence-electron chi connectivity index (χ3n) is 4.18. The summed E-state index contributed by atoms with van der Waals surface area (Å²) in [5.74, 6) is 0.768. The van der Waals surface area contributed by atoms with Crippen molar-refractivity contribution in [2.75, 3.05) is 5.75 Å².